The molecule has 0 radical (unpaired) electrons. The second-order valence-electron chi connectivity index (χ2n) is 7.90. The highest BCUT2D eigenvalue weighted by Crippen LogP contribution is 2.29. The number of benzene rings is 2. The standard InChI is InChI=1S/C24H23F3N4O3/c25-24(26,27)23(33)31(17-8-6-16(7-9-17)22(32)30-12-1-2-13-30)14-15-34-20-5-3-4-19-18(20)10-11-29-21(19)28/h3-11H,1-2,12-15H2,(H2,28,29). The molecule has 4 rings (SSSR count). The summed E-state index contributed by atoms with van der Waals surface area (Å²) in [6.07, 6.45) is -1.70. The minimum absolute atomic E-state index is 0.0234. The number of alkyl halides is 3. The number of nitrogens with zero attached hydrogens (tertiary/aromatic N) is 3. The summed E-state index contributed by atoms with van der Waals surface area (Å²) < 4.78 is 45.6. The van der Waals surface area contributed by atoms with E-state index in [-0.39, 0.29) is 24.7 Å². The highest BCUT2D eigenvalue weighted by Gasteiger charge is 2.43. The molecule has 34 heavy (non-hydrogen) atoms. The van der Waals surface area contributed by atoms with Gasteiger partial charge in [0.2, 0.25) is 0 Å². The highest BCUT2D eigenvalue weighted by atomic mass is 19.4. The van der Waals surface area contributed by atoms with E-state index in [0.717, 1.165) is 12.8 Å². The van der Waals surface area contributed by atoms with E-state index < -0.39 is 12.1 Å². The molecule has 2 amide bonds. The van der Waals surface area contributed by atoms with E-state index in [1.807, 2.05) is 0 Å². The molecule has 7 nitrogen and oxygen atoms in total. The molecule has 0 bridgehead atoms. The van der Waals surface area contributed by atoms with Gasteiger partial charge in [-0.25, -0.2) is 4.98 Å². The van der Waals surface area contributed by atoms with Crippen LogP contribution in [0.4, 0.5) is 24.7 Å². The quantitative estimate of drug-likeness (QED) is 0.585. The summed E-state index contributed by atoms with van der Waals surface area (Å²) >= 11 is 0. The van der Waals surface area contributed by atoms with Crippen molar-refractivity contribution < 1.29 is 27.5 Å². The Hall–Kier alpha value is -3.82. The van der Waals surface area contributed by atoms with E-state index in [1.165, 1.54) is 30.5 Å². The van der Waals surface area contributed by atoms with Crippen LogP contribution in [0.3, 0.4) is 0 Å². The third kappa shape index (κ3) is 4.90. The van der Waals surface area contributed by atoms with Crippen molar-refractivity contribution in [3.05, 3.63) is 60.3 Å². The first kappa shape index (κ1) is 23.3. The van der Waals surface area contributed by atoms with E-state index >= 15 is 0 Å². The monoisotopic (exact) mass is 472 g/mol. The lowest BCUT2D eigenvalue weighted by Crippen LogP contribution is -2.43. The largest absolute Gasteiger partial charge is 0.491 e. The average molecular weight is 472 g/mol. The summed E-state index contributed by atoms with van der Waals surface area (Å²) in [7, 11) is 0. The number of aromatic nitrogens is 1. The number of ether oxygens (including phenoxy) is 1. The van der Waals surface area contributed by atoms with Crippen molar-refractivity contribution >= 4 is 34.1 Å². The molecule has 1 saturated heterocycles. The molecular formula is C24H23F3N4O3. The summed E-state index contributed by atoms with van der Waals surface area (Å²) in [6, 6.07) is 12.4. The minimum Gasteiger partial charge on any atom is -0.491 e. The van der Waals surface area contributed by atoms with Crippen molar-refractivity contribution in [1.82, 2.24) is 9.88 Å². The van der Waals surface area contributed by atoms with Crippen LogP contribution in [0.2, 0.25) is 0 Å². The maximum atomic E-state index is 13.3. The van der Waals surface area contributed by atoms with Crippen molar-refractivity contribution in [2.75, 3.05) is 36.9 Å². The normalized spacial score (nSPS) is 13.8. The molecule has 2 heterocycles. The Morgan fingerprint density at radius 3 is 2.41 bits per heavy atom. The number of fused-ring (bicyclic) bond motifs is 1. The number of rotatable bonds is 6. The first-order chi connectivity index (χ1) is 16.3. The molecule has 1 aliphatic rings. The number of anilines is 2. The molecule has 0 saturated carbocycles. The number of pyridine rings is 1. The fraction of sp³-hybridized carbons (Fsp3) is 0.292. The van der Waals surface area contributed by atoms with E-state index in [0.29, 0.717) is 45.9 Å². The first-order valence-corrected chi connectivity index (χ1v) is 10.8. The Morgan fingerprint density at radius 2 is 1.74 bits per heavy atom. The fourth-order valence-electron chi connectivity index (χ4n) is 3.96. The number of nitrogen functional groups attached to an aromatic ring is 1. The molecule has 10 heteroatoms. The summed E-state index contributed by atoms with van der Waals surface area (Å²) in [4.78, 5) is 31.0. The minimum atomic E-state index is -5.07. The molecule has 2 N–H and O–H groups in total. The zero-order valence-corrected chi connectivity index (χ0v) is 18.2. The van der Waals surface area contributed by atoms with Crippen molar-refractivity contribution in [3.63, 3.8) is 0 Å². The number of halogens is 3. The third-order valence-corrected chi connectivity index (χ3v) is 5.68. The lowest BCUT2D eigenvalue weighted by Gasteiger charge is -2.24. The average Bonchev–Trinajstić information content (AvgIpc) is 3.36. The molecule has 0 spiro atoms. The molecular weight excluding hydrogens is 449 g/mol. The second kappa shape index (κ2) is 9.58. The van der Waals surface area contributed by atoms with Crippen LogP contribution in [0.25, 0.3) is 10.8 Å². The summed E-state index contributed by atoms with van der Waals surface area (Å²) in [5.41, 5.74) is 6.25. The molecule has 0 aliphatic carbocycles. The van der Waals surface area contributed by atoms with Gasteiger partial charge in [0.05, 0.1) is 6.54 Å². The van der Waals surface area contributed by atoms with Gasteiger partial charge in [-0.3, -0.25) is 9.59 Å². The van der Waals surface area contributed by atoms with Gasteiger partial charge < -0.3 is 20.3 Å². The van der Waals surface area contributed by atoms with Gasteiger partial charge in [-0.15, -0.1) is 0 Å². The molecule has 2 aromatic carbocycles. The Morgan fingerprint density at radius 1 is 1.03 bits per heavy atom. The molecule has 0 atom stereocenters. The van der Waals surface area contributed by atoms with Gasteiger partial charge in [-0.2, -0.15) is 13.2 Å². The van der Waals surface area contributed by atoms with Crippen molar-refractivity contribution in [1.29, 1.82) is 0 Å². The van der Waals surface area contributed by atoms with Crippen LogP contribution in [0.5, 0.6) is 5.75 Å². The van der Waals surface area contributed by atoms with Gasteiger partial charge >= 0.3 is 12.1 Å². The maximum absolute atomic E-state index is 13.3. The summed E-state index contributed by atoms with van der Waals surface area (Å²) in [6.45, 7) is 0.769. The molecule has 3 aromatic rings. The van der Waals surface area contributed by atoms with Crippen molar-refractivity contribution in [2.24, 2.45) is 0 Å². The van der Waals surface area contributed by atoms with Crippen LogP contribution in [0.1, 0.15) is 23.2 Å². The van der Waals surface area contributed by atoms with E-state index in [4.69, 9.17) is 10.5 Å². The summed E-state index contributed by atoms with van der Waals surface area (Å²) in [5, 5.41) is 1.31. The smallest absolute Gasteiger partial charge is 0.471 e. The number of hydrogen-bond donors (Lipinski definition) is 1. The van der Waals surface area contributed by atoms with Crippen molar-refractivity contribution in [3.8, 4) is 5.75 Å². The van der Waals surface area contributed by atoms with Gasteiger partial charge in [-0.1, -0.05) is 12.1 Å². The number of amides is 2. The van der Waals surface area contributed by atoms with Crippen LogP contribution in [0, 0.1) is 0 Å². The SMILES string of the molecule is Nc1nccc2c(OCCN(C(=O)C(F)(F)F)c3ccc(C(=O)N4CCCC4)cc3)cccc12. The van der Waals surface area contributed by atoms with Gasteiger partial charge in [0, 0.05) is 41.3 Å². The number of nitrogens with two attached hydrogens (primary N) is 1. The molecule has 1 fully saturated rings. The van der Waals surface area contributed by atoms with Crippen molar-refractivity contribution in [2.45, 2.75) is 19.0 Å². The zero-order chi connectivity index (χ0) is 24.3. The first-order valence-electron chi connectivity index (χ1n) is 10.8. The molecule has 0 unspecified atom stereocenters. The van der Waals surface area contributed by atoms with E-state index in [2.05, 4.69) is 4.98 Å². The Labute approximate surface area is 193 Å². The van der Waals surface area contributed by atoms with Crippen LogP contribution in [-0.2, 0) is 4.79 Å². The topological polar surface area (TPSA) is 88.8 Å². The Kier molecular flexibility index (Phi) is 6.58. The van der Waals surface area contributed by atoms with Crippen LogP contribution in [-0.4, -0.2) is 54.1 Å². The Balaban J connectivity index is 1.51. The van der Waals surface area contributed by atoms with Crippen LogP contribution >= 0.6 is 0 Å². The third-order valence-electron chi connectivity index (χ3n) is 5.68. The van der Waals surface area contributed by atoms with Gasteiger partial charge in [0.15, 0.2) is 0 Å². The number of carbonyl (C=O) groups excluding carboxylic acids is 2. The highest BCUT2D eigenvalue weighted by molar-refractivity contribution is 5.99. The Bertz CT molecular complexity index is 1190. The van der Waals surface area contributed by atoms with Gasteiger partial charge in [0.25, 0.3) is 5.91 Å². The maximum Gasteiger partial charge on any atom is 0.471 e. The zero-order valence-electron chi connectivity index (χ0n) is 18.2. The van der Waals surface area contributed by atoms with Crippen LogP contribution in [0.15, 0.2) is 54.7 Å². The molecule has 1 aliphatic heterocycles. The lowest BCUT2D eigenvalue weighted by molar-refractivity contribution is -0.170. The summed E-state index contributed by atoms with van der Waals surface area (Å²) in [5.74, 6) is -1.47. The second-order valence-corrected chi connectivity index (χ2v) is 7.90. The number of likely N-dealkylation sites (tertiary alicyclic amines) is 1. The number of carbonyl (C=O) groups is 2. The molecule has 1 aromatic heterocycles. The fourth-order valence-corrected chi connectivity index (χ4v) is 3.96. The predicted octanol–water partition coefficient (Wildman–Crippen LogP) is 4.03. The number of hydrogen-bond acceptors (Lipinski definition) is 5. The van der Waals surface area contributed by atoms with Crippen LogP contribution < -0.4 is 15.4 Å². The van der Waals surface area contributed by atoms with Gasteiger partial charge in [-0.05, 0) is 49.2 Å². The van der Waals surface area contributed by atoms with E-state index in [1.54, 1.807) is 29.2 Å². The predicted molar refractivity (Wildman–Crippen MR) is 122 cm³/mol. The van der Waals surface area contributed by atoms with Gasteiger partial charge in [0.1, 0.15) is 18.2 Å². The molecule has 178 valence electrons. The lowest BCUT2D eigenvalue weighted by atomic mass is 10.1. The van der Waals surface area contributed by atoms with E-state index in [9.17, 15) is 22.8 Å².